The number of nitrogens with zero attached hydrogens (tertiary/aromatic N) is 3. The van der Waals surface area contributed by atoms with Crippen molar-refractivity contribution in [2.45, 2.75) is 38.9 Å². The van der Waals surface area contributed by atoms with Crippen LogP contribution in [-0.2, 0) is 0 Å². The summed E-state index contributed by atoms with van der Waals surface area (Å²) in [5, 5.41) is 10.6. The van der Waals surface area contributed by atoms with Crippen molar-refractivity contribution < 1.29 is 14.2 Å². The van der Waals surface area contributed by atoms with Crippen LogP contribution in [-0.4, -0.2) is 34.3 Å². The van der Waals surface area contributed by atoms with E-state index in [0.29, 0.717) is 5.88 Å². The molecule has 1 fully saturated rings. The topological polar surface area (TPSA) is 58.5 Å². The van der Waals surface area contributed by atoms with Crippen LogP contribution in [0, 0.1) is 11.7 Å². The molecule has 0 aliphatic carbocycles. The fraction of sp³-hybridized carbons (Fsp3) is 0.474. The molecule has 3 rings (SSSR count). The van der Waals surface area contributed by atoms with E-state index in [0.717, 1.165) is 37.3 Å². The molecule has 25 heavy (non-hydrogen) atoms. The van der Waals surface area contributed by atoms with Gasteiger partial charge < -0.3 is 14.7 Å². The van der Waals surface area contributed by atoms with Gasteiger partial charge in [0.15, 0.2) is 5.82 Å². The summed E-state index contributed by atoms with van der Waals surface area (Å²) in [6.45, 7) is 5.47. The molecule has 0 saturated carbocycles. The number of piperidine rings is 1. The number of rotatable bonds is 5. The molecule has 2 aromatic rings. The van der Waals surface area contributed by atoms with Gasteiger partial charge in [-0.2, -0.15) is 0 Å². The van der Waals surface area contributed by atoms with Gasteiger partial charge in [0.05, 0.1) is 12.2 Å². The van der Waals surface area contributed by atoms with Gasteiger partial charge in [-0.15, -0.1) is 0 Å². The minimum atomic E-state index is -0.573. The van der Waals surface area contributed by atoms with Gasteiger partial charge in [-0.1, -0.05) is 12.1 Å². The van der Waals surface area contributed by atoms with Gasteiger partial charge in [-0.3, -0.25) is 0 Å². The summed E-state index contributed by atoms with van der Waals surface area (Å²) in [4.78, 5) is 10.9. The number of halogens is 1. The lowest BCUT2D eigenvalue weighted by molar-refractivity contribution is 0.0926. The smallest absolute Gasteiger partial charge is 0.257 e. The van der Waals surface area contributed by atoms with E-state index in [4.69, 9.17) is 4.74 Å². The quantitative estimate of drug-likeness (QED) is 0.900. The van der Waals surface area contributed by atoms with E-state index < -0.39 is 6.10 Å². The summed E-state index contributed by atoms with van der Waals surface area (Å²) in [6, 6.07) is 6.10. The lowest BCUT2D eigenvalue weighted by atomic mass is 9.87. The number of aliphatic hydroxyl groups excluding tert-OH is 1. The molecule has 1 aromatic carbocycles. The molecule has 0 amide bonds. The molecular weight excluding hydrogens is 321 g/mol. The van der Waals surface area contributed by atoms with E-state index in [1.54, 1.807) is 24.5 Å². The van der Waals surface area contributed by atoms with Crippen molar-refractivity contribution in [3.8, 4) is 5.88 Å². The first-order valence-corrected chi connectivity index (χ1v) is 8.70. The van der Waals surface area contributed by atoms with Crippen LogP contribution < -0.4 is 9.64 Å². The molecule has 0 radical (unpaired) electrons. The van der Waals surface area contributed by atoms with Crippen LogP contribution in [0.4, 0.5) is 10.2 Å². The van der Waals surface area contributed by atoms with Crippen LogP contribution in [0.3, 0.4) is 0 Å². The van der Waals surface area contributed by atoms with Crippen molar-refractivity contribution >= 4 is 5.82 Å². The normalized spacial score (nSPS) is 16.9. The highest BCUT2D eigenvalue weighted by molar-refractivity contribution is 5.48. The molecule has 1 atom stereocenters. The van der Waals surface area contributed by atoms with Gasteiger partial charge in [0, 0.05) is 25.5 Å². The van der Waals surface area contributed by atoms with E-state index in [2.05, 4.69) is 14.9 Å². The minimum Gasteiger partial charge on any atom is -0.472 e. The maximum atomic E-state index is 13.0. The number of aliphatic hydroxyl groups is 1. The van der Waals surface area contributed by atoms with Gasteiger partial charge in [-0.25, -0.2) is 14.4 Å². The Labute approximate surface area is 147 Å². The average molecular weight is 345 g/mol. The monoisotopic (exact) mass is 345 g/mol. The van der Waals surface area contributed by atoms with Crippen LogP contribution >= 0.6 is 0 Å². The number of anilines is 1. The van der Waals surface area contributed by atoms with E-state index in [1.807, 2.05) is 13.8 Å². The molecule has 1 saturated heterocycles. The zero-order valence-electron chi connectivity index (χ0n) is 14.6. The predicted octanol–water partition coefficient (Wildman–Crippen LogP) is 3.35. The molecule has 2 heterocycles. The fourth-order valence-corrected chi connectivity index (χ4v) is 3.20. The zero-order chi connectivity index (χ0) is 17.8. The first-order valence-electron chi connectivity index (χ1n) is 8.70. The molecule has 0 bridgehead atoms. The zero-order valence-corrected chi connectivity index (χ0v) is 14.6. The minimum absolute atomic E-state index is 0.0355. The average Bonchev–Trinajstić information content (AvgIpc) is 2.62. The van der Waals surface area contributed by atoms with Gasteiger partial charge in [0.2, 0.25) is 0 Å². The third-order valence-corrected chi connectivity index (χ3v) is 4.49. The molecule has 1 unspecified atom stereocenters. The largest absolute Gasteiger partial charge is 0.472 e. The van der Waals surface area contributed by atoms with Crippen molar-refractivity contribution in [3.05, 3.63) is 48.0 Å². The van der Waals surface area contributed by atoms with Crippen LogP contribution in [0.2, 0.25) is 0 Å². The molecule has 1 aliphatic rings. The molecule has 1 aliphatic heterocycles. The predicted molar refractivity (Wildman–Crippen MR) is 94.1 cm³/mol. The third kappa shape index (κ3) is 4.25. The van der Waals surface area contributed by atoms with E-state index >= 15 is 0 Å². The Bertz CT molecular complexity index is 685. The Morgan fingerprint density at radius 2 is 1.76 bits per heavy atom. The number of benzene rings is 1. The molecular formula is C19H24FN3O2. The van der Waals surface area contributed by atoms with Gasteiger partial charge >= 0.3 is 0 Å². The third-order valence-electron chi connectivity index (χ3n) is 4.49. The van der Waals surface area contributed by atoms with Crippen LogP contribution in [0.25, 0.3) is 0 Å². The van der Waals surface area contributed by atoms with Crippen molar-refractivity contribution in [2.24, 2.45) is 5.92 Å². The second-order valence-corrected chi connectivity index (χ2v) is 6.67. The van der Waals surface area contributed by atoms with Crippen LogP contribution in [0.15, 0.2) is 36.7 Å². The van der Waals surface area contributed by atoms with Gasteiger partial charge in [0.25, 0.3) is 5.88 Å². The van der Waals surface area contributed by atoms with E-state index in [-0.39, 0.29) is 17.8 Å². The van der Waals surface area contributed by atoms with Crippen molar-refractivity contribution in [3.63, 3.8) is 0 Å². The first-order chi connectivity index (χ1) is 12.0. The van der Waals surface area contributed by atoms with E-state index in [9.17, 15) is 9.50 Å². The molecule has 0 spiro atoms. The summed E-state index contributed by atoms with van der Waals surface area (Å²) >= 11 is 0. The highest BCUT2D eigenvalue weighted by atomic mass is 19.1. The van der Waals surface area contributed by atoms with Crippen molar-refractivity contribution in [1.82, 2.24) is 9.97 Å². The lowest BCUT2D eigenvalue weighted by Crippen LogP contribution is -2.36. The van der Waals surface area contributed by atoms with Gasteiger partial charge in [0.1, 0.15) is 5.82 Å². The molecule has 6 heteroatoms. The maximum absolute atomic E-state index is 13.0. The summed E-state index contributed by atoms with van der Waals surface area (Å²) < 4.78 is 18.8. The number of hydrogen-bond donors (Lipinski definition) is 1. The molecule has 1 aromatic heterocycles. The number of ether oxygens (including phenoxy) is 1. The Morgan fingerprint density at radius 1 is 1.12 bits per heavy atom. The number of hydrogen-bond acceptors (Lipinski definition) is 5. The summed E-state index contributed by atoms with van der Waals surface area (Å²) in [5.74, 6) is 1.17. The molecule has 1 N–H and O–H groups in total. The van der Waals surface area contributed by atoms with E-state index in [1.165, 1.54) is 12.1 Å². The summed E-state index contributed by atoms with van der Waals surface area (Å²) in [7, 11) is 0. The van der Waals surface area contributed by atoms with Gasteiger partial charge in [-0.05, 0) is 50.3 Å². The Balaban J connectivity index is 1.65. The standard InChI is InChI=1S/C19H24FN3O2/c1-13(2)25-19-18(21-9-10-22-19)23-11-7-15(8-12-23)17(24)14-3-5-16(20)6-4-14/h3-6,9-10,13,15,17,24H,7-8,11-12H2,1-2H3. The van der Waals surface area contributed by atoms with Crippen molar-refractivity contribution in [2.75, 3.05) is 18.0 Å². The summed E-state index contributed by atoms with van der Waals surface area (Å²) in [5.41, 5.74) is 0.767. The Kier molecular flexibility index (Phi) is 5.48. The Morgan fingerprint density at radius 3 is 2.40 bits per heavy atom. The molecule has 134 valence electrons. The SMILES string of the molecule is CC(C)Oc1nccnc1N1CCC(C(O)c2ccc(F)cc2)CC1. The summed E-state index contributed by atoms with van der Waals surface area (Å²) in [6.07, 6.45) is 4.42. The highest BCUT2D eigenvalue weighted by Crippen LogP contribution is 2.34. The molecule has 5 nitrogen and oxygen atoms in total. The Hall–Kier alpha value is -2.21. The van der Waals surface area contributed by atoms with Crippen LogP contribution in [0.1, 0.15) is 38.4 Å². The second kappa shape index (κ2) is 7.78. The van der Waals surface area contributed by atoms with Crippen molar-refractivity contribution in [1.29, 1.82) is 0 Å². The maximum Gasteiger partial charge on any atom is 0.257 e. The lowest BCUT2D eigenvalue weighted by Gasteiger charge is -2.35. The first kappa shape index (κ1) is 17.6. The highest BCUT2D eigenvalue weighted by Gasteiger charge is 2.28. The number of aromatic nitrogens is 2. The second-order valence-electron chi connectivity index (χ2n) is 6.67. The fourth-order valence-electron chi connectivity index (χ4n) is 3.20. The van der Waals surface area contributed by atoms with Crippen LogP contribution in [0.5, 0.6) is 5.88 Å².